The van der Waals surface area contributed by atoms with Gasteiger partial charge in [0, 0.05) is 24.3 Å². The minimum Gasteiger partial charge on any atom is -0.490 e. The van der Waals surface area contributed by atoms with Crippen molar-refractivity contribution in [3.8, 4) is 5.75 Å². The number of carbonyl (C=O) groups is 1. The van der Waals surface area contributed by atoms with Gasteiger partial charge in [-0.3, -0.25) is 4.79 Å². The molecule has 148 valence electrons. The second-order valence-electron chi connectivity index (χ2n) is 7.60. The third-order valence-corrected chi connectivity index (χ3v) is 5.25. The topological polar surface area (TPSA) is 41.6 Å². The summed E-state index contributed by atoms with van der Waals surface area (Å²) >= 11 is 0. The maximum absolute atomic E-state index is 12.5. The molecule has 28 heavy (non-hydrogen) atoms. The molecule has 1 amide bonds. The molecule has 4 nitrogen and oxygen atoms in total. The van der Waals surface area contributed by atoms with Gasteiger partial charge >= 0.3 is 0 Å². The predicted octanol–water partition coefficient (Wildman–Crippen LogP) is 4.98. The van der Waals surface area contributed by atoms with Crippen LogP contribution in [0.1, 0.15) is 48.7 Å². The summed E-state index contributed by atoms with van der Waals surface area (Å²) in [5, 5.41) is 3.07. The highest BCUT2D eigenvalue weighted by atomic mass is 16.5. The molecule has 0 saturated carbocycles. The lowest BCUT2D eigenvalue weighted by Crippen LogP contribution is -2.34. The van der Waals surface area contributed by atoms with Crippen LogP contribution in [-0.2, 0) is 0 Å². The molecule has 1 fully saturated rings. The standard InChI is InChI=1S/C24H30N2O2/c1-4-16-28-23-13-9-21(10-14-23)24(27)25-19(3)20-7-11-22(12-8-20)26-15-5-6-18(2)17-26/h4,7-14,18-19H,1,5-6,15-17H2,2-3H3,(H,25,27)/t18-,19-/m0/s1. The molecule has 1 heterocycles. The summed E-state index contributed by atoms with van der Waals surface area (Å²) in [5.74, 6) is 1.39. The van der Waals surface area contributed by atoms with Gasteiger partial charge in [0.1, 0.15) is 12.4 Å². The molecule has 1 aliphatic rings. The summed E-state index contributed by atoms with van der Waals surface area (Å²) < 4.78 is 5.45. The zero-order valence-corrected chi connectivity index (χ0v) is 16.9. The summed E-state index contributed by atoms with van der Waals surface area (Å²) in [6.07, 6.45) is 4.27. The van der Waals surface area contributed by atoms with Gasteiger partial charge in [0.25, 0.3) is 5.91 Å². The fraction of sp³-hybridized carbons (Fsp3) is 0.375. The molecule has 0 unspecified atom stereocenters. The van der Waals surface area contributed by atoms with Gasteiger partial charge < -0.3 is 15.0 Å². The lowest BCUT2D eigenvalue weighted by atomic mass is 9.99. The number of nitrogens with zero attached hydrogens (tertiary/aromatic N) is 1. The fourth-order valence-corrected chi connectivity index (χ4v) is 3.62. The first-order valence-corrected chi connectivity index (χ1v) is 10.1. The number of piperidine rings is 1. The zero-order valence-electron chi connectivity index (χ0n) is 16.9. The fourth-order valence-electron chi connectivity index (χ4n) is 3.62. The summed E-state index contributed by atoms with van der Waals surface area (Å²) in [7, 11) is 0. The SMILES string of the molecule is C=CCOc1ccc(C(=O)N[C@@H](C)c2ccc(N3CCC[C@H](C)C3)cc2)cc1. The molecule has 0 spiro atoms. The van der Waals surface area contributed by atoms with Gasteiger partial charge in [-0.2, -0.15) is 0 Å². The molecular weight excluding hydrogens is 348 g/mol. The number of carbonyl (C=O) groups excluding carboxylic acids is 1. The molecule has 1 aliphatic heterocycles. The molecule has 1 saturated heterocycles. The predicted molar refractivity (Wildman–Crippen MR) is 115 cm³/mol. The molecule has 0 bridgehead atoms. The summed E-state index contributed by atoms with van der Waals surface area (Å²) in [4.78, 5) is 15.0. The van der Waals surface area contributed by atoms with Crippen LogP contribution in [0.25, 0.3) is 0 Å². The smallest absolute Gasteiger partial charge is 0.251 e. The molecule has 4 heteroatoms. The van der Waals surface area contributed by atoms with E-state index in [1.165, 1.54) is 18.5 Å². The molecule has 2 aromatic rings. The molecule has 0 aromatic heterocycles. The van der Waals surface area contributed by atoms with Crippen LogP contribution in [0.4, 0.5) is 5.69 Å². The van der Waals surface area contributed by atoms with E-state index in [1.54, 1.807) is 30.3 Å². The third-order valence-electron chi connectivity index (χ3n) is 5.25. The first-order valence-electron chi connectivity index (χ1n) is 10.1. The van der Waals surface area contributed by atoms with E-state index < -0.39 is 0 Å². The van der Waals surface area contributed by atoms with Gasteiger partial charge in [-0.05, 0) is 67.6 Å². The van der Waals surface area contributed by atoms with Crippen LogP contribution < -0.4 is 15.0 Å². The van der Waals surface area contributed by atoms with E-state index >= 15 is 0 Å². The molecule has 3 rings (SSSR count). The Labute approximate surface area is 168 Å². The summed E-state index contributed by atoms with van der Waals surface area (Å²) in [6, 6.07) is 15.7. The molecule has 2 aromatic carbocycles. The second-order valence-corrected chi connectivity index (χ2v) is 7.60. The molecule has 2 atom stereocenters. The number of ether oxygens (including phenoxy) is 1. The third kappa shape index (κ3) is 5.16. The number of benzene rings is 2. The zero-order chi connectivity index (χ0) is 19.9. The highest BCUT2D eigenvalue weighted by Crippen LogP contribution is 2.25. The largest absolute Gasteiger partial charge is 0.490 e. The average Bonchev–Trinajstić information content (AvgIpc) is 2.72. The van der Waals surface area contributed by atoms with Crippen LogP contribution in [0.15, 0.2) is 61.2 Å². The number of anilines is 1. The number of amides is 1. The molecule has 0 radical (unpaired) electrons. The van der Waals surface area contributed by atoms with Crippen molar-refractivity contribution in [2.45, 2.75) is 32.7 Å². The van der Waals surface area contributed by atoms with Gasteiger partial charge in [-0.1, -0.05) is 31.7 Å². The second kappa shape index (κ2) is 9.45. The Morgan fingerprint density at radius 2 is 1.96 bits per heavy atom. The van der Waals surface area contributed by atoms with Crippen LogP contribution in [-0.4, -0.2) is 25.6 Å². The number of hydrogen-bond acceptors (Lipinski definition) is 3. The van der Waals surface area contributed by atoms with E-state index in [2.05, 4.69) is 48.0 Å². The first-order chi connectivity index (χ1) is 13.6. The van der Waals surface area contributed by atoms with E-state index in [0.29, 0.717) is 12.2 Å². The maximum Gasteiger partial charge on any atom is 0.251 e. The van der Waals surface area contributed by atoms with Crippen molar-refractivity contribution in [2.75, 3.05) is 24.6 Å². The Bertz CT molecular complexity index is 783. The van der Waals surface area contributed by atoms with Gasteiger partial charge in [0.15, 0.2) is 0 Å². The average molecular weight is 379 g/mol. The van der Waals surface area contributed by atoms with Crippen LogP contribution in [0.3, 0.4) is 0 Å². The molecular formula is C24H30N2O2. The normalized spacial score (nSPS) is 17.6. The molecule has 0 aliphatic carbocycles. The van der Waals surface area contributed by atoms with E-state index in [1.807, 2.05) is 6.92 Å². The quantitative estimate of drug-likeness (QED) is 0.691. The van der Waals surface area contributed by atoms with E-state index in [9.17, 15) is 4.79 Å². The van der Waals surface area contributed by atoms with Crippen molar-refractivity contribution in [2.24, 2.45) is 5.92 Å². The van der Waals surface area contributed by atoms with E-state index in [4.69, 9.17) is 4.74 Å². The van der Waals surface area contributed by atoms with Crippen molar-refractivity contribution in [1.29, 1.82) is 0 Å². The van der Waals surface area contributed by atoms with Crippen LogP contribution in [0.5, 0.6) is 5.75 Å². The Hall–Kier alpha value is -2.75. The van der Waals surface area contributed by atoms with Crippen molar-refractivity contribution in [3.05, 3.63) is 72.3 Å². The lowest BCUT2D eigenvalue weighted by molar-refractivity contribution is 0.0940. The Balaban J connectivity index is 1.58. The first kappa shape index (κ1) is 20.0. The Morgan fingerprint density at radius 1 is 1.25 bits per heavy atom. The van der Waals surface area contributed by atoms with Gasteiger partial charge in [-0.25, -0.2) is 0 Å². The van der Waals surface area contributed by atoms with Crippen LogP contribution in [0.2, 0.25) is 0 Å². The highest BCUT2D eigenvalue weighted by molar-refractivity contribution is 5.94. The van der Waals surface area contributed by atoms with Crippen molar-refractivity contribution >= 4 is 11.6 Å². The summed E-state index contributed by atoms with van der Waals surface area (Å²) in [6.45, 7) is 10.7. The van der Waals surface area contributed by atoms with Crippen molar-refractivity contribution in [3.63, 3.8) is 0 Å². The minimum absolute atomic E-state index is 0.0569. The number of rotatable bonds is 7. The number of nitrogens with one attached hydrogen (secondary N) is 1. The van der Waals surface area contributed by atoms with Gasteiger partial charge in [-0.15, -0.1) is 0 Å². The summed E-state index contributed by atoms with van der Waals surface area (Å²) in [5.41, 5.74) is 2.99. The Morgan fingerprint density at radius 3 is 2.61 bits per heavy atom. The molecule has 1 N–H and O–H groups in total. The van der Waals surface area contributed by atoms with Crippen LogP contribution in [0, 0.1) is 5.92 Å². The van der Waals surface area contributed by atoms with Gasteiger partial charge in [0.05, 0.1) is 6.04 Å². The van der Waals surface area contributed by atoms with Crippen molar-refractivity contribution in [1.82, 2.24) is 5.32 Å². The van der Waals surface area contributed by atoms with E-state index in [-0.39, 0.29) is 11.9 Å². The Kier molecular flexibility index (Phi) is 6.75. The number of hydrogen-bond donors (Lipinski definition) is 1. The monoisotopic (exact) mass is 378 g/mol. The van der Waals surface area contributed by atoms with Gasteiger partial charge in [0.2, 0.25) is 0 Å². The highest BCUT2D eigenvalue weighted by Gasteiger charge is 2.17. The van der Waals surface area contributed by atoms with Crippen molar-refractivity contribution < 1.29 is 9.53 Å². The van der Waals surface area contributed by atoms with Crippen LogP contribution >= 0.6 is 0 Å². The lowest BCUT2D eigenvalue weighted by Gasteiger charge is -2.33. The minimum atomic E-state index is -0.0864. The maximum atomic E-state index is 12.5. The van der Waals surface area contributed by atoms with E-state index in [0.717, 1.165) is 30.3 Å².